The zero-order chi connectivity index (χ0) is 9.84. The molecule has 0 aliphatic rings. The van der Waals surface area contributed by atoms with Crippen LogP contribution >= 0.6 is 0 Å². The van der Waals surface area contributed by atoms with Gasteiger partial charge in [0, 0.05) is 6.08 Å². The summed E-state index contributed by atoms with van der Waals surface area (Å²) in [7, 11) is 0. The lowest BCUT2D eigenvalue weighted by molar-refractivity contribution is -0.132. The molecule has 0 aliphatic carbocycles. The standard InChI is InChI=1S/C8H6N2O3/c1-5-4-13-7(10-5)2-6(3-9)8(11)12/h2,4H,1H3,(H,11,12)/b6-2+. The van der Waals surface area contributed by atoms with Crippen LogP contribution in [0.15, 0.2) is 16.3 Å². The van der Waals surface area contributed by atoms with Gasteiger partial charge in [0.15, 0.2) is 0 Å². The van der Waals surface area contributed by atoms with E-state index in [1.165, 1.54) is 12.3 Å². The Morgan fingerprint density at radius 3 is 2.92 bits per heavy atom. The average Bonchev–Trinajstić information content (AvgIpc) is 2.46. The van der Waals surface area contributed by atoms with E-state index < -0.39 is 11.5 Å². The van der Waals surface area contributed by atoms with Crippen LogP contribution in [0.1, 0.15) is 11.6 Å². The van der Waals surface area contributed by atoms with Gasteiger partial charge in [-0.05, 0) is 6.92 Å². The minimum atomic E-state index is -1.29. The van der Waals surface area contributed by atoms with Gasteiger partial charge in [0.2, 0.25) is 5.89 Å². The first kappa shape index (κ1) is 9.00. The largest absolute Gasteiger partial charge is 0.477 e. The topological polar surface area (TPSA) is 87.1 Å². The van der Waals surface area contributed by atoms with E-state index in [0.717, 1.165) is 6.08 Å². The number of nitrogens with zero attached hydrogens (tertiary/aromatic N) is 2. The maximum Gasteiger partial charge on any atom is 0.346 e. The maximum absolute atomic E-state index is 10.4. The lowest BCUT2D eigenvalue weighted by Crippen LogP contribution is -1.97. The molecule has 1 rings (SSSR count). The van der Waals surface area contributed by atoms with Crippen molar-refractivity contribution in [2.45, 2.75) is 6.92 Å². The van der Waals surface area contributed by atoms with E-state index in [1.54, 1.807) is 6.92 Å². The van der Waals surface area contributed by atoms with Crippen LogP contribution < -0.4 is 0 Å². The van der Waals surface area contributed by atoms with Gasteiger partial charge in [-0.2, -0.15) is 5.26 Å². The van der Waals surface area contributed by atoms with E-state index in [4.69, 9.17) is 14.8 Å². The highest BCUT2D eigenvalue weighted by Crippen LogP contribution is 2.06. The number of rotatable bonds is 2. The van der Waals surface area contributed by atoms with E-state index in [1.807, 2.05) is 0 Å². The smallest absolute Gasteiger partial charge is 0.346 e. The summed E-state index contributed by atoms with van der Waals surface area (Å²) in [6.07, 6.45) is 2.46. The van der Waals surface area contributed by atoms with Crippen molar-refractivity contribution in [3.8, 4) is 6.07 Å². The number of nitriles is 1. The number of hydrogen-bond acceptors (Lipinski definition) is 4. The average molecular weight is 178 g/mol. The Bertz CT molecular complexity index is 398. The molecule has 0 aliphatic heterocycles. The van der Waals surface area contributed by atoms with Gasteiger partial charge >= 0.3 is 5.97 Å². The van der Waals surface area contributed by atoms with Crippen molar-refractivity contribution in [2.24, 2.45) is 0 Å². The fourth-order valence-electron chi connectivity index (χ4n) is 0.704. The normalized spacial score (nSPS) is 10.9. The number of aromatic nitrogens is 1. The van der Waals surface area contributed by atoms with Gasteiger partial charge in [-0.15, -0.1) is 0 Å². The fourth-order valence-corrected chi connectivity index (χ4v) is 0.704. The summed E-state index contributed by atoms with van der Waals surface area (Å²) in [6, 6.07) is 1.52. The van der Waals surface area contributed by atoms with Crippen molar-refractivity contribution < 1.29 is 14.3 Å². The zero-order valence-electron chi connectivity index (χ0n) is 6.81. The van der Waals surface area contributed by atoms with Gasteiger partial charge in [0.1, 0.15) is 17.9 Å². The molecule has 0 saturated heterocycles. The predicted molar refractivity (Wildman–Crippen MR) is 42.5 cm³/mol. The summed E-state index contributed by atoms with van der Waals surface area (Å²) >= 11 is 0. The summed E-state index contributed by atoms with van der Waals surface area (Å²) in [5.41, 5.74) is 0.232. The summed E-state index contributed by atoms with van der Waals surface area (Å²) in [6.45, 7) is 1.70. The second-order valence-electron chi connectivity index (χ2n) is 2.30. The third-order valence-corrected chi connectivity index (χ3v) is 1.26. The van der Waals surface area contributed by atoms with Crippen LogP contribution in [0.3, 0.4) is 0 Å². The molecule has 5 heteroatoms. The number of carbonyl (C=O) groups is 1. The third kappa shape index (κ3) is 2.17. The monoisotopic (exact) mass is 178 g/mol. The van der Waals surface area contributed by atoms with Gasteiger partial charge in [0.05, 0.1) is 5.69 Å². The second-order valence-corrected chi connectivity index (χ2v) is 2.30. The van der Waals surface area contributed by atoms with Crippen LogP contribution in [0, 0.1) is 18.3 Å². The van der Waals surface area contributed by atoms with Crippen molar-refractivity contribution in [1.29, 1.82) is 5.26 Å². The Hall–Kier alpha value is -2.09. The molecule has 0 amide bonds. The summed E-state index contributed by atoms with van der Waals surface area (Å²) < 4.78 is 4.84. The number of carboxylic acid groups (broad SMARTS) is 1. The first-order valence-corrected chi connectivity index (χ1v) is 3.40. The first-order chi connectivity index (χ1) is 6.13. The molecule has 1 aromatic heterocycles. The van der Waals surface area contributed by atoms with Gasteiger partial charge in [-0.3, -0.25) is 0 Å². The quantitative estimate of drug-likeness (QED) is 0.538. The van der Waals surface area contributed by atoms with Crippen LogP contribution in [-0.4, -0.2) is 16.1 Å². The van der Waals surface area contributed by atoms with Gasteiger partial charge in [0.25, 0.3) is 0 Å². The second kappa shape index (κ2) is 3.54. The highest BCUT2D eigenvalue weighted by atomic mass is 16.4. The van der Waals surface area contributed by atoms with E-state index in [-0.39, 0.29) is 5.89 Å². The summed E-state index contributed by atoms with van der Waals surface area (Å²) in [4.78, 5) is 14.2. The predicted octanol–water partition coefficient (Wildman–Crippen LogP) is 0.975. The number of hydrogen-bond donors (Lipinski definition) is 1. The molecule has 13 heavy (non-hydrogen) atoms. The Labute approximate surface area is 73.9 Å². The Morgan fingerprint density at radius 1 is 1.85 bits per heavy atom. The molecule has 66 valence electrons. The Balaban J connectivity index is 3.00. The lowest BCUT2D eigenvalue weighted by Gasteiger charge is -1.85. The van der Waals surface area contributed by atoms with Crippen molar-refractivity contribution >= 4 is 12.0 Å². The highest BCUT2D eigenvalue weighted by Gasteiger charge is 2.07. The van der Waals surface area contributed by atoms with Crippen LogP contribution in [0.4, 0.5) is 0 Å². The maximum atomic E-state index is 10.4. The first-order valence-electron chi connectivity index (χ1n) is 3.40. The molecule has 0 spiro atoms. The molecular weight excluding hydrogens is 172 g/mol. The van der Waals surface area contributed by atoms with E-state index in [2.05, 4.69) is 4.98 Å². The molecule has 0 radical (unpaired) electrons. The molecule has 1 aromatic rings. The van der Waals surface area contributed by atoms with Gasteiger partial charge in [-0.25, -0.2) is 9.78 Å². The van der Waals surface area contributed by atoms with Crippen LogP contribution in [0.5, 0.6) is 0 Å². The SMILES string of the molecule is Cc1coc(/C=C(\C#N)C(=O)O)n1. The van der Waals surface area contributed by atoms with Crippen molar-refractivity contribution in [3.63, 3.8) is 0 Å². The molecule has 1 N–H and O–H groups in total. The summed E-state index contributed by atoms with van der Waals surface area (Å²) in [5, 5.41) is 16.9. The highest BCUT2D eigenvalue weighted by molar-refractivity contribution is 5.95. The van der Waals surface area contributed by atoms with Crippen molar-refractivity contribution in [2.75, 3.05) is 0 Å². The van der Waals surface area contributed by atoms with E-state index in [0.29, 0.717) is 5.69 Å². The lowest BCUT2D eigenvalue weighted by atomic mass is 10.3. The molecule has 0 unspecified atom stereocenters. The van der Waals surface area contributed by atoms with E-state index in [9.17, 15) is 4.79 Å². The molecule has 0 atom stereocenters. The van der Waals surface area contributed by atoms with Gasteiger partial charge < -0.3 is 9.52 Å². The molecule has 1 heterocycles. The van der Waals surface area contributed by atoms with Gasteiger partial charge in [-0.1, -0.05) is 0 Å². The number of aliphatic carboxylic acids is 1. The Morgan fingerprint density at radius 2 is 2.54 bits per heavy atom. The van der Waals surface area contributed by atoms with Crippen molar-refractivity contribution in [3.05, 3.63) is 23.4 Å². The Kier molecular flexibility index (Phi) is 2.45. The minimum Gasteiger partial charge on any atom is -0.477 e. The van der Waals surface area contributed by atoms with Crippen LogP contribution in [0.2, 0.25) is 0 Å². The molecule has 5 nitrogen and oxygen atoms in total. The number of aryl methyl sites for hydroxylation is 1. The minimum absolute atomic E-state index is 0.122. The van der Waals surface area contributed by atoms with Crippen molar-refractivity contribution in [1.82, 2.24) is 4.98 Å². The molecule has 0 bridgehead atoms. The number of oxazole rings is 1. The molecule has 0 fully saturated rings. The van der Waals surface area contributed by atoms with Crippen LogP contribution in [0.25, 0.3) is 6.08 Å². The molecule has 0 aromatic carbocycles. The zero-order valence-corrected chi connectivity index (χ0v) is 6.81. The third-order valence-electron chi connectivity index (χ3n) is 1.26. The van der Waals surface area contributed by atoms with Crippen LogP contribution in [-0.2, 0) is 4.79 Å². The molecule has 0 saturated carbocycles. The van der Waals surface area contributed by atoms with E-state index >= 15 is 0 Å². The molecular formula is C8H6N2O3. The summed E-state index contributed by atoms with van der Waals surface area (Å²) in [5.74, 6) is -1.17. The number of carboxylic acids is 1. The fraction of sp³-hybridized carbons (Fsp3) is 0.125.